The van der Waals surface area contributed by atoms with Crippen LogP contribution < -0.4 is 10.2 Å². The van der Waals surface area contributed by atoms with Crippen LogP contribution in [0.3, 0.4) is 0 Å². The molecule has 24 heavy (non-hydrogen) atoms. The number of carbonyl (C=O) groups excluding carboxylic acids is 1. The second-order valence-corrected chi connectivity index (χ2v) is 5.70. The minimum atomic E-state index is -0.482. The van der Waals surface area contributed by atoms with Crippen molar-refractivity contribution in [3.8, 4) is 5.75 Å². The van der Waals surface area contributed by atoms with Crippen molar-refractivity contribution < 1.29 is 14.5 Å². The van der Waals surface area contributed by atoms with Crippen molar-refractivity contribution in [2.75, 3.05) is 6.61 Å². The van der Waals surface area contributed by atoms with Gasteiger partial charge in [-0.15, -0.1) is 0 Å². The molecule has 0 atom stereocenters. The van der Waals surface area contributed by atoms with E-state index in [1.54, 1.807) is 6.07 Å². The SMILES string of the molecule is Cc1cc(OCC(=O)N/N=C/c2ccc([N+](=O)[O-])cc2)ccc1Br. The molecule has 2 aromatic carbocycles. The van der Waals surface area contributed by atoms with Crippen LogP contribution in [0.4, 0.5) is 5.69 Å². The number of nitro benzene ring substituents is 1. The smallest absolute Gasteiger partial charge is 0.277 e. The minimum absolute atomic E-state index is 0.00521. The van der Waals surface area contributed by atoms with Gasteiger partial charge in [0.1, 0.15) is 5.75 Å². The third-order valence-electron chi connectivity index (χ3n) is 3.01. The molecule has 0 aliphatic carbocycles. The van der Waals surface area contributed by atoms with Crippen LogP contribution in [0.25, 0.3) is 0 Å². The second-order valence-electron chi connectivity index (χ2n) is 4.84. The molecule has 2 rings (SSSR count). The van der Waals surface area contributed by atoms with Crippen molar-refractivity contribution >= 4 is 33.7 Å². The molecule has 1 N–H and O–H groups in total. The topological polar surface area (TPSA) is 93.8 Å². The average Bonchev–Trinajstić information content (AvgIpc) is 2.56. The van der Waals surface area contributed by atoms with E-state index >= 15 is 0 Å². The van der Waals surface area contributed by atoms with Gasteiger partial charge in [0.25, 0.3) is 11.6 Å². The zero-order valence-corrected chi connectivity index (χ0v) is 14.3. The molecule has 8 heteroatoms. The third kappa shape index (κ3) is 5.17. The van der Waals surface area contributed by atoms with Crippen LogP contribution in [-0.4, -0.2) is 23.7 Å². The molecule has 2 aromatic rings. The summed E-state index contributed by atoms with van der Waals surface area (Å²) in [4.78, 5) is 21.7. The summed E-state index contributed by atoms with van der Waals surface area (Å²) in [5.41, 5.74) is 3.96. The van der Waals surface area contributed by atoms with Gasteiger partial charge < -0.3 is 4.74 Å². The molecule has 0 unspecified atom stereocenters. The van der Waals surface area contributed by atoms with E-state index < -0.39 is 10.8 Å². The number of hydrogen-bond acceptors (Lipinski definition) is 5. The number of aryl methyl sites for hydroxylation is 1. The van der Waals surface area contributed by atoms with Gasteiger partial charge in [0, 0.05) is 16.6 Å². The van der Waals surface area contributed by atoms with Crippen LogP contribution >= 0.6 is 15.9 Å². The van der Waals surface area contributed by atoms with Gasteiger partial charge in [-0.2, -0.15) is 5.10 Å². The molecule has 0 fully saturated rings. The van der Waals surface area contributed by atoms with E-state index in [9.17, 15) is 14.9 Å². The lowest BCUT2D eigenvalue weighted by atomic mass is 10.2. The Balaban J connectivity index is 1.81. The minimum Gasteiger partial charge on any atom is -0.484 e. The number of rotatable bonds is 6. The monoisotopic (exact) mass is 391 g/mol. The fourth-order valence-electron chi connectivity index (χ4n) is 1.75. The molecule has 0 heterocycles. The van der Waals surface area contributed by atoms with Crippen molar-refractivity contribution in [1.29, 1.82) is 0 Å². The number of carbonyl (C=O) groups is 1. The standard InChI is InChI=1S/C16H14BrN3O4/c1-11-8-14(6-7-15(11)17)24-10-16(21)19-18-9-12-2-4-13(5-3-12)20(22)23/h2-9H,10H2,1H3,(H,19,21)/b18-9+. The van der Waals surface area contributed by atoms with Crippen molar-refractivity contribution in [3.05, 3.63) is 68.2 Å². The number of nitro groups is 1. The number of nitrogens with one attached hydrogen (secondary N) is 1. The number of hydrazone groups is 1. The average molecular weight is 392 g/mol. The largest absolute Gasteiger partial charge is 0.484 e. The molecule has 0 aliphatic heterocycles. The fraction of sp³-hybridized carbons (Fsp3) is 0.125. The summed E-state index contributed by atoms with van der Waals surface area (Å²) in [6.07, 6.45) is 1.39. The highest BCUT2D eigenvalue weighted by molar-refractivity contribution is 9.10. The lowest BCUT2D eigenvalue weighted by Gasteiger charge is -2.06. The van der Waals surface area contributed by atoms with E-state index in [0.717, 1.165) is 10.0 Å². The zero-order valence-electron chi connectivity index (χ0n) is 12.7. The number of amides is 1. The highest BCUT2D eigenvalue weighted by Crippen LogP contribution is 2.21. The molecule has 1 amide bonds. The summed E-state index contributed by atoms with van der Waals surface area (Å²) in [7, 11) is 0. The molecule has 0 saturated heterocycles. The summed E-state index contributed by atoms with van der Waals surface area (Å²) in [5.74, 6) is 0.180. The Kier molecular flexibility index (Phi) is 6.02. The zero-order chi connectivity index (χ0) is 17.5. The predicted octanol–water partition coefficient (Wildman–Crippen LogP) is 3.19. The van der Waals surface area contributed by atoms with Gasteiger partial charge in [-0.3, -0.25) is 14.9 Å². The maximum atomic E-state index is 11.7. The maximum Gasteiger partial charge on any atom is 0.277 e. The van der Waals surface area contributed by atoms with Gasteiger partial charge in [0.2, 0.25) is 0 Å². The Morgan fingerprint density at radius 1 is 1.33 bits per heavy atom. The first-order valence-corrected chi connectivity index (χ1v) is 7.70. The summed E-state index contributed by atoms with van der Waals surface area (Å²) in [5, 5.41) is 14.3. The summed E-state index contributed by atoms with van der Waals surface area (Å²) >= 11 is 3.39. The van der Waals surface area contributed by atoms with Crippen LogP contribution in [0, 0.1) is 17.0 Å². The Bertz CT molecular complexity index is 775. The van der Waals surface area contributed by atoms with Gasteiger partial charge in [-0.25, -0.2) is 5.43 Å². The van der Waals surface area contributed by atoms with Gasteiger partial charge in [-0.05, 0) is 48.4 Å². The number of benzene rings is 2. The van der Waals surface area contributed by atoms with E-state index in [0.29, 0.717) is 11.3 Å². The van der Waals surface area contributed by atoms with Crippen molar-refractivity contribution in [2.24, 2.45) is 5.10 Å². The summed E-state index contributed by atoms with van der Waals surface area (Å²) in [6, 6.07) is 11.2. The number of hydrogen-bond donors (Lipinski definition) is 1. The summed E-state index contributed by atoms with van der Waals surface area (Å²) in [6.45, 7) is 1.75. The first kappa shape index (κ1) is 17.6. The Labute approximate surface area is 146 Å². The molecule has 0 aliphatic rings. The van der Waals surface area contributed by atoms with Gasteiger partial charge in [0.05, 0.1) is 11.1 Å². The van der Waals surface area contributed by atoms with E-state index in [1.165, 1.54) is 30.5 Å². The van der Waals surface area contributed by atoms with Crippen molar-refractivity contribution in [3.63, 3.8) is 0 Å². The van der Waals surface area contributed by atoms with Gasteiger partial charge in [0.15, 0.2) is 6.61 Å². The van der Waals surface area contributed by atoms with E-state index in [4.69, 9.17) is 4.74 Å². The fourth-order valence-corrected chi connectivity index (χ4v) is 2.00. The van der Waals surface area contributed by atoms with E-state index in [2.05, 4.69) is 26.5 Å². The number of halogens is 1. The molecule has 0 spiro atoms. The Morgan fingerprint density at radius 2 is 2.04 bits per heavy atom. The first-order chi connectivity index (χ1) is 11.5. The van der Waals surface area contributed by atoms with Gasteiger partial charge >= 0.3 is 0 Å². The van der Waals surface area contributed by atoms with Crippen molar-refractivity contribution in [1.82, 2.24) is 5.43 Å². The quantitative estimate of drug-likeness (QED) is 0.464. The molecule has 0 bridgehead atoms. The Morgan fingerprint density at radius 3 is 2.67 bits per heavy atom. The lowest BCUT2D eigenvalue weighted by molar-refractivity contribution is -0.384. The van der Waals surface area contributed by atoms with Crippen LogP contribution in [0.1, 0.15) is 11.1 Å². The number of nitrogens with zero attached hydrogens (tertiary/aromatic N) is 2. The molecule has 0 saturated carbocycles. The van der Waals surface area contributed by atoms with Crippen LogP contribution in [-0.2, 0) is 4.79 Å². The lowest BCUT2D eigenvalue weighted by Crippen LogP contribution is -2.24. The summed E-state index contributed by atoms with van der Waals surface area (Å²) < 4.78 is 6.33. The molecule has 7 nitrogen and oxygen atoms in total. The third-order valence-corrected chi connectivity index (χ3v) is 3.90. The highest BCUT2D eigenvalue weighted by Gasteiger charge is 2.04. The predicted molar refractivity (Wildman–Crippen MR) is 93.2 cm³/mol. The van der Waals surface area contributed by atoms with E-state index in [1.807, 2.05) is 19.1 Å². The highest BCUT2D eigenvalue weighted by atomic mass is 79.9. The normalized spacial score (nSPS) is 10.6. The number of non-ortho nitro benzene ring substituents is 1. The van der Waals surface area contributed by atoms with Crippen LogP contribution in [0.5, 0.6) is 5.75 Å². The van der Waals surface area contributed by atoms with E-state index in [-0.39, 0.29) is 12.3 Å². The van der Waals surface area contributed by atoms with Crippen molar-refractivity contribution in [2.45, 2.75) is 6.92 Å². The first-order valence-electron chi connectivity index (χ1n) is 6.91. The molecular weight excluding hydrogens is 378 g/mol. The maximum absolute atomic E-state index is 11.7. The van der Waals surface area contributed by atoms with Crippen LogP contribution in [0.15, 0.2) is 52.0 Å². The van der Waals surface area contributed by atoms with Gasteiger partial charge in [-0.1, -0.05) is 15.9 Å². The molecule has 124 valence electrons. The van der Waals surface area contributed by atoms with Crippen LogP contribution in [0.2, 0.25) is 0 Å². The second kappa shape index (κ2) is 8.21. The molecule has 0 radical (unpaired) electrons. The Hall–Kier alpha value is -2.74. The number of ether oxygens (including phenoxy) is 1. The molecule has 0 aromatic heterocycles. The molecular formula is C16H14BrN3O4.